The summed E-state index contributed by atoms with van der Waals surface area (Å²) in [4.78, 5) is 14.3. The molecule has 1 saturated heterocycles. The van der Waals surface area contributed by atoms with Crippen LogP contribution in [-0.2, 0) is 0 Å². The average Bonchev–Trinajstić information content (AvgIpc) is 2.63. The van der Waals surface area contributed by atoms with Gasteiger partial charge < -0.3 is 10.6 Å². The second-order valence-electron chi connectivity index (χ2n) is 5.96. The Kier molecular flexibility index (Phi) is 5.11. The maximum absolute atomic E-state index is 11.9. The van der Waals surface area contributed by atoms with E-state index in [1.807, 2.05) is 12.1 Å². The van der Waals surface area contributed by atoms with E-state index in [0.29, 0.717) is 11.3 Å². The van der Waals surface area contributed by atoms with Gasteiger partial charge in [-0.15, -0.1) is 0 Å². The van der Waals surface area contributed by atoms with Crippen LogP contribution in [0.1, 0.15) is 35.2 Å². The Labute approximate surface area is 142 Å². The minimum absolute atomic E-state index is 0.254. The molecule has 0 radical (unpaired) electrons. The molecule has 3 rings (SSSR count). The van der Waals surface area contributed by atoms with Crippen LogP contribution in [0.5, 0.6) is 0 Å². The molecule has 0 aliphatic carbocycles. The highest BCUT2D eigenvalue weighted by Gasteiger charge is 2.10. The lowest BCUT2D eigenvalue weighted by molar-refractivity contribution is 0.0955. The molecule has 0 spiro atoms. The number of benzene rings is 2. The summed E-state index contributed by atoms with van der Waals surface area (Å²) in [7, 11) is 0. The van der Waals surface area contributed by atoms with E-state index >= 15 is 0 Å². The molecule has 3 N–H and O–H groups in total. The SMILES string of the molecule is Nc1ccc(C(=O)N/N=C/c2ccc(N3CCCCC3)cc2)cc1. The summed E-state index contributed by atoms with van der Waals surface area (Å²) in [5, 5.41) is 4.01. The maximum atomic E-state index is 11.9. The van der Waals surface area contributed by atoms with E-state index in [9.17, 15) is 4.79 Å². The Morgan fingerprint density at radius 3 is 2.33 bits per heavy atom. The van der Waals surface area contributed by atoms with Gasteiger partial charge in [0.1, 0.15) is 0 Å². The summed E-state index contributed by atoms with van der Waals surface area (Å²) >= 11 is 0. The van der Waals surface area contributed by atoms with Crippen LogP contribution in [0.25, 0.3) is 0 Å². The minimum Gasteiger partial charge on any atom is -0.399 e. The van der Waals surface area contributed by atoms with Crippen molar-refractivity contribution in [1.82, 2.24) is 5.43 Å². The lowest BCUT2D eigenvalue weighted by Crippen LogP contribution is -2.29. The largest absolute Gasteiger partial charge is 0.399 e. The predicted molar refractivity (Wildman–Crippen MR) is 98.4 cm³/mol. The Morgan fingerprint density at radius 2 is 1.67 bits per heavy atom. The van der Waals surface area contributed by atoms with Crippen LogP contribution in [0.15, 0.2) is 53.6 Å². The molecule has 0 unspecified atom stereocenters. The first-order valence-corrected chi connectivity index (χ1v) is 8.26. The number of hydrazone groups is 1. The van der Waals surface area contributed by atoms with Gasteiger partial charge in [0, 0.05) is 30.0 Å². The van der Waals surface area contributed by atoms with E-state index in [-0.39, 0.29) is 5.91 Å². The van der Waals surface area contributed by atoms with Crippen LogP contribution in [0.2, 0.25) is 0 Å². The monoisotopic (exact) mass is 322 g/mol. The molecule has 0 bridgehead atoms. The van der Waals surface area contributed by atoms with Crippen LogP contribution in [0.4, 0.5) is 11.4 Å². The second kappa shape index (κ2) is 7.64. The number of hydrogen-bond donors (Lipinski definition) is 2. The molecule has 1 aliphatic heterocycles. The number of carbonyl (C=O) groups is 1. The molecule has 2 aromatic rings. The zero-order valence-corrected chi connectivity index (χ0v) is 13.6. The van der Waals surface area contributed by atoms with E-state index in [1.54, 1.807) is 30.5 Å². The van der Waals surface area contributed by atoms with Gasteiger partial charge in [0.05, 0.1) is 6.21 Å². The minimum atomic E-state index is -0.254. The molecule has 0 saturated carbocycles. The Bertz CT molecular complexity index is 701. The summed E-state index contributed by atoms with van der Waals surface area (Å²) in [6, 6.07) is 15.0. The standard InChI is InChI=1S/C19H22N4O/c20-17-8-6-16(7-9-17)19(24)22-21-14-15-4-10-18(11-5-15)23-12-2-1-3-13-23/h4-11,14H,1-3,12-13,20H2,(H,22,24)/b21-14+. The van der Waals surface area contributed by atoms with Crippen LogP contribution in [0, 0.1) is 0 Å². The fourth-order valence-electron chi connectivity index (χ4n) is 2.79. The molecule has 1 aliphatic rings. The third kappa shape index (κ3) is 4.13. The maximum Gasteiger partial charge on any atom is 0.271 e. The number of amides is 1. The van der Waals surface area contributed by atoms with Crippen molar-refractivity contribution in [2.45, 2.75) is 19.3 Å². The molecule has 5 heteroatoms. The molecular formula is C19H22N4O. The van der Waals surface area contributed by atoms with E-state index in [1.165, 1.54) is 24.9 Å². The van der Waals surface area contributed by atoms with Gasteiger partial charge >= 0.3 is 0 Å². The van der Waals surface area contributed by atoms with E-state index < -0.39 is 0 Å². The molecule has 1 amide bonds. The van der Waals surface area contributed by atoms with Gasteiger partial charge in [-0.3, -0.25) is 4.79 Å². The van der Waals surface area contributed by atoms with Gasteiger partial charge in [-0.25, -0.2) is 5.43 Å². The first-order valence-electron chi connectivity index (χ1n) is 8.26. The predicted octanol–water partition coefficient (Wildman–Crippen LogP) is 3.02. The second-order valence-corrected chi connectivity index (χ2v) is 5.96. The van der Waals surface area contributed by atoms with Crippen molar-refractivity contribution in [3.8, 4) is 0 Å². The number of nitrogens with one attached hydrogen (secondary N) is 1. The molecule has 1 fully saturated rings. The highest BCUT2D eigenvalue weighted by molar-refractivity contribution is 5.95. The van der Waals surface area contributed by atoms with E-state index in [4.69, 9.17) is 5.73 Å². The molecule has 0 aromatic heterocycles. The summed E-state index contributed by atoms with van der Waals surface area (Å²) in [6.07, 6.45) is 5.50. The van der Waals surface area contributed by atoms with Crippen molar-refractivity contribution < 1.29 is 4.79 Å². The third-order valence-corrected chi connectivity index (χ3v) is 4.17. The number of nitrogen functional groups attached to an aromatic ring is 1. The Balaban J connectivity index is 1.56. The Hall–Kier alpha value is -2.82. The summed E-state index contributed by atoms with van der Waals surface area (Å²) in [5.41, 5.74) is 11.5. The van der Waals surface area contributed by atoms with Crippen molar-refractivity contribution in [2.75, 3.05) is 23.7 Å². The summed E-state index contributed by atoms with van der Waals surface area (Å²) < 4.78 is 0. The van der Waals surface area contributed by atoms with Crippen molar-refractivity contribution in [3.05, 3.63) is 59.7 Å². The normalized spacial score (nSPS) is 14.8. The molecule has 5 nitrogen and oxygen atoms in total. The van der Waals surface area contributed by atoms with Gasteiger partial charge in [-0.1, -0.05) is 12.1 Å². The van der Waals surface area contributed by atoms with Gasteiger partial charge in [-0.2, -0.15) is 5.10 Å². The zero-order valence-electron chi connectivity index (χ0n) is 13.6. The van der Waals surface area contributed by atoms with Gasteiger partial charge in [-0.05, 0) is 61.2 Å². The van der Waals surface area contributed by atoms with Gasteiger partial charge in [0.25, 0.3) is 5.91 Å². The van der Waals surface area contributed by atoms with Crippen molar-refractivity contribution in [1.29, 1.82) is 0 Å². The zero-order chi connectivity index (χ0) is 16.8. The fourth-order valence-corrected chi connectivity index (χ4v) is 2.79. The first kappa shape index (κ1) is 16.1. The molecule has 124 valence electrons. The summed E-state index contributed by atoms with van der Waals surface area (Å²) in [5.74, 6) is -0.254. The number of rotatable bonds is 4. The molecule has 0 atom stereocenters. The number of piperidine rings is 1. The third-order valence-electron chi connectivity index (χ3n) is 4.17. The van der Waals surface area contributed by atoms with Crippen LogP contribution >= 0.6 is 0 Å². The van der Waals surface area contributed by atoms with Crippen molar-refractivity contribution >= 4 is 23.5 Å². The molecule has 2 aromatic carbocycles. The number of nitrogens with zero attached hydrogens (tertiary/aromatic N) is 2. The van der Waals surface area contributed by atoms with Crippen molar-refractivity contribution in [3.63, 3.8) is 0 Å². The number of carbonyl (C=O) groups excluding carboxylic acids is 1. The smallest absolute Gasteiger partial charge is 0.271 e. The lowest BCUT2D eigenvalue weighted by Gasteiger charge is -2.28. The molecule has 24 heavy (non-hydrogen) atoms. The van der Waals surface area contributed by atoms with Crippen LogP contribution in [0.3, 0.4) is 0 Å². The quantitative estimate of drug-likeness (QED) is 0.516. The fraction of sp³-hybridized carbons (Fsp3) is 0.263. The average molecular weight is 322 g/mol. The van der Waals surface area contributed by atoms with Crippen LogP contribution < -0.4 is 16.1 Å². The first-order chi connectivity index (χ1) is 11.7. The number of nitrogens with two attached hydrogens (primary N) is 1. The topological polar surface area (TPSA) is 70.7 Å². The Morgan fingerprint density at radius 1 is 1.00 bits per heavy atom. The lowest BCUT2D eigenvalue weighted by atomic mass is 10.1. The number of hydrogen-bond acceptors (Lipinski definition) is 4. The molecular weight excluding hydrogens is 300 g/mol. The van der Waals surface area contributed by atoms with Gasteiger partial charge in [0.2, 0.25) is 0 Å². The van der Waals surface area contributed by atoms with Gasteiger partial charge in [0.15, 0.2) is 0 Å². The van der Waals surface area contributed by atoms with E-state index in [0.717, 1.165) is 18.7 Å². The van der Waals surface area contributed by atoms with E-state index in [2.05, 4.69) is 27.6 Å². The van der Waals surface area contributed by atoms with Crippen molar-refractivity contribution in [2.24, 2.45) is 5.10 Å². The molecule has 1 heterocycles. The summed E-state index contributed by atoms with van der Waals surface area (Å²) in [6.45, 7) is 2.26. The van der Waals surface area contributed by atoms with Crippen LogP contribution in [-0.4, -0.2) is 25.2 Å². The highest BCUT2D eigenvalue weighted by atomic mass is 16.2. The highest BCUT2D eigenvalue weighted by Crippen LogP contribution is 2.19. The number of anilines is 2.